The average Bonchev–Trinajstić information content (AvgIpc) is 2.53. The topological polar surface area (TPSA) is 49.4 Å². The van der Waals surface area contributed by atoms with Gasteiger partial charge in [-0.25, -0.2) is 0 Å². The molecular weight excluding hydrogens is 312 g/mol. The van der Waals surface area contributed by atoms with E-state index in [9.17, 15) is 9.59 Å². The van der Waals surface area contributed by atoms with Crippen LogP contribution in [-0.2, 0) is 9.59 Å². The third-order valence-electron chi connectivity index (χ3n) is 6.49. The van der Waals surface area contributed by atoms with Gasteiger partial charge in [0.1, 0.15) is 0 Å². The molecule has 4 bridgehead atoms. The Balaban J connectivity index is 1.49. The monoisotopic (exact) mass is 340 g/mol. The second kappa shape index (κ2) is 6.15. The minimum Gasteiger partial charge on any atom is -0.342 e. The van der Waals surface area contributed by atoms with E-state index in [0.29, 0.717) is 6.54 Å². The van der Waals surface area contributed by atoms with Crippen LogP contribution < -0.4 is 10.2 Å². The molecule has 1 aromatic rings. The highest BCUT2D eigenvalue weighted by molar-refractivity contribution is 6.40. The average molecular weight is 340 g/mol. The van der Waals surface area contributed by atoms with Gasteiger partial charge in [-0.05, 0) is 87.8 Å². The van der Waals surface area contributed by atoms with Crippen molar-refractivity contribution in [2.24, 2.45) is 17.8 Å². The number of hydrogen-bond donors (Lipinski definition) is 1. The van der Waals surface area contributed by atoms with Gasteiger partial charge in [0.05, 0.1) is 0 Å². The number of carbonyl (C=O) groups is 2. The van der Waals surface area contributed by atoms with Crippen LogP contribution in [0.1, 0.15) is 51.0 Å². The maximum atomic E-state index is 12.8. The van der Waals surface area contributed by atoms with Gasteiger partial charge in [-0.2, -0.15) is 0 Å². The van der Waals surface area contributed by atoms with E-state index in [1.165, 1.54) is 19.3 Å². The molecule has 4 nitrogen and oxygen atoms in total. The molecule has 4 fully saturated rings. The number of aryl methyl sites for hydroxylation is 1. The summed E-state index contributed by atoms with van der Waals surface area (Å²) in [5.41, 5.74) is 1.77. The van der Waals surface area contributed by atoms with Crippen molar-refractivity contribution in [2.75, 3.05) is 11.4 Å². The Morgan fingerprint density at radius 2 is 1.72 bits per heavy atom. The van der Waals surface area contributed by atoms with Crippen LogP contribution in [0, 0.1) is 24.7 Å². The zero-order valence-electron chi connectivity index (χ0n) is 15.3. The predicted molar refractivity (Wildman–Crippen MR) is 98.3 cm³/mol. The highest BCUT2D eigenvalue weighted by Gasteiger charge is 2.52. The van der Waals surface area contributed by atoms with Crippen LogP contribution in [0.15, 0.2) is 24.3 Å². The second-order valence-electron chi connectivity index (χ2n) is 8.54. The lowest BCUT2D eigenvalue weighted by molar-refractivity contribution is -0.141. The minimum absolute atomic E-state index is 0.118. The molecule has 0 spiro atoms. The molecule has 0 heterocycles. The van der Waals surface area contributed by atoms with Crippen molar-refractivity contribution in [1.29, 1.82) is 0 Å². The Bertz CT molecular complexity index is 662. The van der Waals surface area contributed by atoms with E-state index < -0.39 is 11.8 Å². The highest BCUT2D eigenvalue weighted by atomic mass is 16.2. The fraction of sp³-hybridized carbons (Fsp3) is 0.619. The molecule has 4 heteroatoms. The number of anilines is 1. The van der Waals surface area contributed by atoms with E-state index in [1.807, 2.05) is 38.1 Å². The molecule has 0 atom stereocenters. The van der Waals surface area contributed by atoms with Gasteiger partial charge >= 0.3 is 11.8 Å². The Labute approximate surface area is 150 Å². The first-order chi connectivity index (χ1) is 12.0. The van der Waals surface area contributed by atoms with Gasteiger partial charge in [-0.3, -0.25) is 9.59 Å². The van der Waals surface area contributed by atoms with Crippen LogP contribution in [-0.4, -0.2) is 23.9 Å². The molecule has 134 valence electrons. The molecular formula is C21H28N2O2. The van der Waals surface area contributed by atoms with Crippen LogP contribution >= 0.6 is 0 Å². The summed E-state index contributed by atoms with van der Waals surface area (Å²) in [6, 6.07) is 7.78. The smallest absolute Gasteiger partial charge is 0.316 e. The standard InChI is InChI=1S/C21H28N2O2/c1-3-23(18-6-4-5-14(2)7-18)20(25)19(24)22-21-11-15-8-16(12-21)10-17(9-15)13-21/h4-7,15-17H,3,8-13H2,1-2H3,(H,22,24). The quantitative estimate of drug-likeness (QED) is 0.857. The Morgan fingerprint density at radius 3 is 2.24 bits per heavy atom. The van der Waals surface area contributed by atoms with E-state index in [2.05, 4.69) is 5.32 Å². The van der Waals surface area contributed by atoms with Gasteiger partial charge in [0.25, 0.3) is 0 Å². The SMILES string of the molecule is CCN(C(=O)C(=O)NC12CC3CC(CC(C3)C1)C2)c1cccc(C)c1. The van der Waals surface area contributed by atoms with Gasteiger partial charge in [-0.1, -0.05) is 12.1 Å². The zero-order chi connectivity index (χ0) is 17.6. The summed E-state index contributed by atoms with van der Waals surface area (Å²) in [5, 5.41) is 3.19. The number of carbonyl (C=O) groups excluding carboxylic acids is 2. The molecule has 1 aromatic carbocycles. The van der Waals surface area contributed by atoms with Crippen LogP contribution in [0.2, 0.25) is 0 Å². The summed E-state index contributed by atoms with van der Waals surface area (Å²) in [5.74, 6) is 1.40. The van der Waals surface area contributed by atoms with Gasteiger partial charge in [0, 0.05) is 17.8 Å². The number of nitrogens with zero attached hydrogens (tertiary/aromatic N) is 1. The van der Waals surface area contributed by atoms with Crippen molar-refractivity contribution in [2.45, 2.75) is 57.9 Å². The number of nitrogens with one attached hydrogen (secondary N) is 1. The Morgan fingerprint density at radius 1 is 1.12 bits per heavy atom. The lowest BCUT2D eigenvalue weighted by Crippen LogP contribution is -2.62. The van der Waals surface area contributed by atoms with E-state index in [1.54, 1.807) is 4.90 Å². The molecule has 5 rings (SSSR count). The minimum atomic E-state index is -0.427. The number of hydrogen-bond acceptors (Lipinski definition) is 2. The maximum Gasteiger partial charge on any atom is 0.316 e. The number of benzene rings is 1. The number of rotatable bonds is 3. The van der Waals surface area contributed by atoms with Crippen LogP contribution in [0.3, 0.4) is 0 Å². The van der Waals surface area contributed by atoms with Gasteiger partial charge in [0.15, 0.2) is 0 Å². The van der Waals surface area contributed by atoms with Crippen molar-refractivity contribution < 1.29 is 9.59 Å². The van der Waals surface area contributed by atoms with Crippen LogP contribution in [0.5, 0.6) is 0 Å². The first-order valence-corrected chi connectivity index (χ1v) is 9.69. The van der Waals surface area contributed by atoms with Gasteiger partial charge < -0.3 is 10.2 Å². The summed E-state index contributed by atoms with van der Waals surface area (Å²) in [6.45, 7) is 4.41. The van der Waals surface area contributed by atoms with Gasteiger partial charge in [-0.15, -0.1) is 0 Å². The summed E-state index contributed by atoms with van der Waals surface area (Å²) in [6.07, 6.45) is 7.17. The second-order valence-corrected chi connectivity index (χ2v) is 8.54. The van der Waals surface area contributed by atoms with E-state index >= 15 is 0 Å². The highest BCUT2D eigenvalue weighted by Crippen LogP contribution is 2.55. The van der Waals surface area contributed by atoms with Crippen molar-refractivity contribution in [3.05, 3.63) is 29.8 Å². The Hall–Kier alpha value is -1.84. The molecule has 4 saturated carbocycles. The van der Waals surface area contributed by atoms with Crippen molar-refractivity contribution in [1.82, 2.24) is 5.32 Å². The molecule has 0 saturated heterocycles. The fourth-order valence-electron chi connectivity index (χ4n) is 5.92. The number of amides is 2. The largest absolute Gasteiger partial charge is 0.342 e. The first-order valence-electron chi connectivity index (χ1n) is 9.69. The molecule has 0 radical (unpaired) electrons. The molecule has 4 aliphatic carbocycles. The van der Waals surface area contributed by atoms with E-state index in [-0.39, 0.29) is 5.54 Å². The Kier molecular flexibility index (Phi) is 4.09. The van der Waals surface area contributed by atoms with Crippen LogP contribution in [0.4, 0.5) is 5.69 Å². The van der Waals surface area contributed by atoms with Gasteiger partial charge in [0.2, 0.25) is 0 Å². The molecule has 25 heavy (non-hydrogen) atoms. The maximum absolute atomic E-state index is 12.8. The van der Waals surface area contributed by atoms with Crippen molar-refractivity contribution in [3.8, 4) is 0 Å². The molecule has 0 aliphatic heterocycles. The summed E-state index contributed by atoms with van der Waals surface area (Å²) in [4.78, 5) is 27.2. The summed E-state index contributed by atoms with van der Waals surface area (Å²) in [7, 11) is 0. The first kappa shape index (κ1) is 16.6. The fourth-order valence-corrected chi connectivity index (χ4v) is 5.92. The lowest BCUT2D eigenvalue weighted by Gasteiger charge is -2.56. The normalized spacial score (nSPS) is 32.5. The predicted octanol–water partition coefficient (Wildman–Crippen LogP) is 3.43. The molecule has 1 N–H and O–H groups in total. The third kappa shape index (κ3) is 3.07. The number of likely N-dealkylation sites (N-methyl/N-ethyl adjacent to an activating group) is 1. The van der Waals surface area contributed by atoms with E-state index in [0.717, 1.165) is 48.3 Å². The summed E-state index contributed by atoms with van der Waals surface area (Å²) < 4.78 is 0. The molecule has 0 unspecified atom stereocenters. The van der Waals surface area contributed by atoms with Crippen molar-refractivity contribution >= 4 is 17.5 Å². The van der Waals surface area contributed by atoms with Crippen molar-refractivity contribution in [3.63, 3.8) is 0 Å². The summed E-state index contributed by atoms with van der Waals surface area (Å²) >= 11 is 0. The van der Waals surface area contributed by atoms with Crippen LogP contribution in [0.25, 0.3) is 0 Å². The lowest BCUT2D eigenvalue weighted by atomic mass is 9.53. The molecule has 4 aliphatic rings. The molecule has 2 amide bonds. The zero-order valence-corrected chi connectivity index (χ0v) is 15.3. The van der Waals surface area contributed by atoms with E-state index in [4.69, 9.17) is 0 Å². The molecule has 0 aromatic heterocycles. The third-order valence-corrected chi connectivity index (χ3v) is 6.49.